The topological polar surface area (TPSA) is 68.3 Å². The molecular weight excluding hydrogens is 364 g/mol. The SMILES string of the molecule is O=S(=O)(c1ccccc1)C(Br)S(=O)(=O)c1ccccc1. The summed E-state index contributed by atoms with van der Waals surface area (Å²) in [5, 5.41) is 0. The van der Waals surface area contributed by atoms with Crippen molar-refractivity contribution in [2.75, 3.05) is 0 Å². The Kier molecular flexibility index (Phi) is 4.31. The average Bonchev–Trinajstić information content (AvgIpc) is 2.48. The monoisotopic (exact) mass is 374 g/mol. The Morgan fingerprint density at radius 3 is 1.25 bits per heavy atom. The Hall–Kier alpha value is -1.18. The first-order valence-corrected chi connectivity index (χ1v) is 9.59. The van der Waals surface area contributed by atoms with Crippen LogP contribution in [0, 0.1) is 0 Å². The van der Waals surface area contributed by atoms with Gasteiger partial charge in [-0.15, -0.1) is 0 Å². The zero-order valence-corrected chi connectivity index (χ0v) is 13.4. The van der Waals surface area contributed by atoms with E-state index in [4.69, 9.17) is 0 Å². The van der Waals surface area contributed by atoms with Crippen LogP contribution >= 0.6 is 15.9 Å². The van der Waals surface area contributed by atoms with Gasteiger partial charge in [-0.3, -0.25) is 0 Å². The molecule has 0 saturated carbocycles. The summed E-state index contributed by atoms with van der Waals surface area (Å²) in [5.41, 5.74) is 0. The van der Waals surface area contributed by atoms with Crippen molar-refractivity contribution in [3.05, 3.63) is 60.7 Å². The lowest BCUT2D eigenvalue weighted by Crippen LogP contribution is -2.25. The maximum atomic E-state index is 12.3. The lowest BCUT2D eigenvalue weighted by atomic mass is 10.4. The molecule has 0 atom stereocenters. The molecule has 0 fully saturated rings. The van der Waals surface area contributed by atoms with Crippen molar-refractivity contribution in [2.45, 2.75) is 13.3 Å². The van der Waals surface area contributed by atoms with Crippen LogP contribution in [-0.2, 0) is 19.7 Å². The molecule has 0 bridgehead atoms. The summed E-state index contributed by atoms with van der Waals surface area (Å²) >= 11 is 2.82. The van der Waals surface area contributed by atoms with Gasteiger partial charge in [0.15, 0.2) is 0 Å². The highest BCUT2D eigenvalue weighted by atomic mass is 79.9. The van der Waals surface area contributed by atoms with Crippen LogP contribution in [0.4, 0.5) is 0 Å². The first-order chi connectivity index (χ1) is 9.37. The van der Waals surface area contributed by atoms with Crippen LogP contribution in [0.25, 0.3) is 0 Å². The van der Waals surface area contributed by atoms with Gasteiger partial charge in [0.05, 0.1) is 9.79 Å². The summed E-state index contributed by atoms with van der Waals surface area (Å²) in [6.45, 7) is 0. The molecule has 2 aromatic carbocycles. The summed E-state index contributed by atoms with van der Waals surface area (Å²) in [5.74, 6) is 0. The van der Waals surface area contributed by atoms with E-state index in [1.807, 2.05) is 0 Å². The van der Waals surface area contributed by atoms with Crippen LogP contribution in [0.15, 0.2) is 70.5 Å². The summed E-state index contributed by atoms with van der Waals surface area (Å²) in [4.78, 5) is -0.0808. The van der Waals surface area contributed by atoms with Crippen molar-refractivity contribution in [1.82, 2.24) is 0 Å². The van der Waals surface area contributed by atoms with Gasteiger partial charge in [0.2, 0.25) is 23.2 Å². The van der Waals surface area contributed by atoms with Gasteiger partial charge in [-0.05, 0) is 24.3 Å². The smallest absolute Gasteiger partial charge is 0.221 e. The first-order valence-electron chi connectivity index (χ1n) is 5.59. The molecule has 106 valence electrons. The van der Waals surface area contributed by atoms with Gasteiger partial charge in [-0.1, -0.05) is 52.3 Å². The van der Waals surface area contributed by atoms with E-state index >= 15 is 0 Å². The van der Waals surface area contributed by atoms with Gasteiger partial charge in [0.25, 0.3) is 0 Å². The Labute approximate surface area is 126 Å². The van der Waals surface area contributed by atoms with Gasteiger partial charge in [-0.2, -0.15) is 0 Å². The van der Waals surface area contributed by atoms with Crippen molar-refractivity contribution in [3.8, 4) is 0 Å². The normalized spacial score (nSPS) is 12.5. The Balaban J connectivity index is 2.49. The Bertz CT molecular complexity index is 715. The summed E-state index contributed by atoms with van der Waals surface area (Å²) in [6, 6.07) is 15.0. The maximum Gasteiger partial charge on any atom is 0.225 e. The third kappa shape index (κ3) is 2.79. The highest BCUT2D eigenvalue weighted by Gasteiger charge is 2.37. The molecule has 0 spiro atoms. The van der Waals surface area contributed by atoms with Crippen LogP contribution in [0.3, 0.4) is 0 Å². The largest absolute Gasteiger partial charge is 0.225 e. The molecule has 0 amide bonds. The molecule has 0 N–H and O–H groups in total. The third-order valence-electron chi connectivity index (χ3n) is 2.63. The van der Waals surface area contributed by atoms with E-state index in [-0.39, 0.29) is 9.79 Å². The number of rotatable bonds is 4. The molecule has 0 radical (unpaired) electrons. The number of alkyl halides is 1. The molecule has 20 heavy (non-hydrogen) atoms. The van der Waals surface area contributed by atoms with E-state index in [1.54, 1.807) is 36.4 Å². The van der Waals surface area contributed by atoms with Crippen LogP contribution in [0.5, 0.6) is 0 Å². The molecule has 7 heteroatoms. The molecule has 0 aliphatic heterocycles. The second kappa shape index (κ2) is 5.67. The van der Waals surface area contributed by atoms with Crippen molar-refractivity contribution >= 4 is 35.6 Å². The first kappa shape index (κ1) is 15.2. The molecule has 0 unspecified atom stereocenters. The highest BCUT2D eigenvalue weighted by molar-refractivity contribution is 9.13. The number of halogens is 1. The molecule has 0 heterocycles. The van der Waals surface area contributed by atoms with Crippen LogP contribution in [0.1, 0.15) is 0 Å². The van der Waals surface area contributed by atoms with Crippen LogP contribution < -0.4 is 0 Å². The van der Waals surface area contributed by atoms with Crippen LogP contribution in [-0.4, -0.2) is 20.3 Å². The summed E-state index contributed by atoms with van der Waals surface area (Å²) in [7, 11) is -8.03. The molecular formula is C13H11BrO4S2. The Morgan fingerprint density at radius 1 is 0.650 bits per heavy atom. The highest BCUT2D eigenvalue weighted by Crippen LogP contribution is 2.29. The quantitative estimate of drug-likeness (QED) is 0.771. The lowest BCUT2D eigenvalue weighted by Gasteiger charge is -2.12. The van der Waals surface area contributed by atoms with Crippen LogP contribution in [0.2, 0.25) is 0 Å². The number of hydrogen-bond acceptors (Lipinski definition) is 4. The van der Waals surface area contributed by atoms with Crippen molar-refractivity contribution < 1.29 is 16.8 Å². The molecule has 2 aromatic rings. The summed E-state index contributed by atoms with van der Waals surface area (Å²) in [6.07, 6.45) is 0. The fourth-order valence-corrected chi connectivity index (χ4v) is 6.40. The van der Waals surface area contributed by atoms with Gasteiger partial charge in [0.1, 0.15) is 0 Å². The van der Waals surface area contributed by atoms with Crippen molar-refractivity contribution in [2.24, 2.45) is 0 Å². The average molecular weight is 375 g/mol. The predicted octanol–water partition coefficient (Wildman–Crippen LogP) is 2.61. The molecule has 2 rings (SSSR count). The van der Waals surface area contributed by atoms with E-state index in [1.165, 1.54) is 24.3 Å². The molecule has 0 aromatic heterocycles. The van der Waals surface area contributed by atoms with Crippen molar-refractivity contribution in [1.29, 1.82) is 0 Å². The number of benzene rings is 2. The Morgan fingerprint density at radius 2 is 0.950 bits per heavy atom. The van der Waals surface area contributed by atoms with Gasteiger partial charge in [0, 0.05) is 0 Å². The molecule has 0 saturated heterocycles. The van der Waals surface area contributed by atoms with E-state index < -0.39 is 23.2 Å². The zero-order chi connectivity index (χ0) is 14.8. The van der Waals surface area contributed by atoms with Gasteiger partial charge in [-0.25, -0.2) is 16.8 Å². The van der Waals surface area contributed by atoms with Gasteiger partial charge < -0.3 is 0 Å². The van der Waals surface area contributed by atoms with E-state index in [2.05, 4.69) is 15.9 Å². The van der Waals surface area contributed by atoms with E-state index in [0.29, 0.717) is 0 Å². The zero-order valence-electron chi connectivity index (χ0n) is 10.2. The minimum absolute atomic E-state index is 0.0404. The van der Waals surface area contributed by atoms with E-state index in [0.717, 1.165) is 0 Å². The summed E-state index contributed by atoms with van der Waals surface area (Å²) < 4.78 is 47.6. The van der Waals surface area contributed by atoms with Gasteiger partial charge >= 0.3 is 0 Å². The molecule has 4 nitrogen and oxygen atoms in total. The maximum absolute atomic E-state index is 12.3. The lowest BCUT2D eigenvalue weighted by molar-refractivity contribution is 0.586. The number of hydrogen-bond donors (Lipinski definition) is 0. The molecule has 0 aliphatic rings. The molecule has 0 aliphatic carbocycles. The van der Waals surface area contributed by atoms with Crippen molar-refractivity contribution in [3.63, 3.8) is 0 Å². The second-order valence-corrected chi connectivity index (χ2v) is 10.5. The standard InChI is InChI=1S/C13H11BrO4S2/c14-13(19(15,16)11-7-3-1-4-8-11)20(17,18)12-9-5-2-6-10-12/h1-10,13H. The van der Waals surface area contributed by atoms with E-state index in [9.17, 15) is 16.8 Å². The second-order valence-electron chi connectivity index (χ2n) is 3.99. The minimum Gasteiger partial charge on any atom is -0.221 e. The fourth-order valence-electron chi connectivity index (χ4n) is 1.60. The third-order valence-corrected chi connectivity index (χ3v) is 9.94. The fraction of sp³-hybridized carbons (Fsp3) is 0.0769. The predicted molar refractivity (Wildman–Crippen MR) is 80.0 cm³/mol. The number of sulfone groups is 2. The minimum atomic E-state index is -4.02.